The molecule has 2 N–H and O–H groups in total. The number of hydrogen-bond donors (Lipinski definition) is 1. The van der Waals surface area contributed by atoms with Crippen LogP contribution in [-0.2, 0) is 13.6 Å². The van der Waals surface area contributed by atoms with E-state index in [0.717, 1.165) is 21.3 Å². The number of nitrogens with zero attached hydrogens (tertiary/aromatic N) is 2. The number of pyridine rings is 1. The van der Waals surface area contributed by atoms with Gasteiger partial charge in [0.15, 0.2) is 0 Å². The first-order valence-corrected chi connectivity index (χ1v) is 6.88. The molecule has 1 aromatic carbocycles. The van der Waals surface area contributed by atoms with Crippen molar-refractivity contribution >= 4 is 26.8 Å². The van der Waals surface area contributed by atoms with Gasteiger partial charge in [-0.2, -0.15) is 0 Å². The average molecular weight is 316 g/mol. The van der Waals surface area contributed by atoms with Gasteiger partial charge in [-0.15, -0.1) is 0 Å². The first-order chi connectivity index (χ1) is 9.19. The second kappa shape index (κ2) is 4.79. The predicted octanol–water partition coefficient (Wildman–Crippen LogP) is 3.46. The smallest absolute Gasteiger partial charge is 0.0726 e. The van der Waals surface area contributed by atoms with Crippen molar-refractivity contribution in [3.05, 3.63) is 52.8 Å². The fourth-order valence-electron chi connectivity index (χ4n) is 2.31. The number of hydrogen-bond acceptors (Lipinski definition) is 2. The highest BCUT2D eigenvalue weighted by Crippen LogP contribution is 2.31. The number of halogens is 1. The van der Waals surface area contributed by atoms with Gasteiger partial charge in [-0.1, -0.05) is 22.0 Å². The molecular weight excluding hydrogens is 302 g/mol. The molecule has 0 spiro atoms. The Labute approximate surface area is 120 Å². The van der Waals surface area contributed by atoms with E-state index >= 15 is 0 Å². The van der Waals surface area contributed by atoms with E-state index in [4.69, 9.17) is 5.73 Å². The summed E-state index contributed by atoms with van der Waals surface area (Å²) < 4.78 is 3.20. The highest BCUT2D eigenvalue weighted by molar-refractivity contribution is 9.10. The van der Waals surface area contributed by atoms with Crippen molar-refractivity contribution in [3.63, 3.8) is 0 Å². The van der Waals surface area contributed by atoms with E-state index in [-0.39, 0.29) is 0 Å². The van der Waals surface area contributed by atoms with Crippen LogP contribution in [0.15, 0.2) is 47.2 Å². The summed E-state index contributed by atoms with van der Waals surface area (Å²) in [5.41, 5.74) is 10.1. The summed E-state index contributed by atoms with van der Waals surface area (Å²) in [4.78, 5) is 4.46. The summed E-state index contributed by atoms with van der Waals surface area (Å²) in [7, 11) is 2.05. The molecular formula is C15H14BrN3. The van der Waals surface area contributed by atoms with E-state index in [9.17, 15) is 0 Å². The molecule has 0 amide bonds. The Kier molecular flexibility index (Phi) is 3.12. The van der Waals surface area contributed by atoms with Gasteiger partial charge in [0.25, 0.3) is 0 Å². The Morgan fingerprint density at radius 3 is 2.89 bits per heavy atom. The number of aryl methyl sites for hydroxylation is 1. The van der Waals surface area contributed by atoms with Gasteiger partial charge in [0.1, 0.15) is 0 Å². The van der Waals surface area contributed by atoms with Crippen LogP contribution in [0.1, 0.15) is 5.56 Å². The molecule has 96 valence electrons. The molecule has 3 aromatic rings. The molecule has 0 aliphatic carbocycles. The molecule has 2 heterocycles. The molecule has 3 nitrogen and oxygen atoms in total. The average Bonchev–Trinajstić information content (AvgIpc) is 2.76. The van der Waals surface area contributed by atoms with Crippen LogP contribution in [0.4, 0.5) is 0 Å². The fourth-order valence-corrected chi connectivity index (χ4v) is 2.66. The first-order valence-electron chi connectivity index (χ1n) is 6.09. The van der Waals surface area contributed by atoms with Crippen LogP contribution in [0.25, 0.3) is 22.2 Å². The number of rotatable bonds is 2. The van der Waals surface area contributed by atoms with Crippen LogP contribution in [0.5, 0.6) is 0 Å². The largest absolute Gasteiger partial charge is 0.350 e. The number of nitrogens with two attached hydrogens (primary N) is 1. The van der Waals surface area contributed by atoms with Gasteiger partial charge in [-0.05, 0) is 29.8 Å². The molecule has 0 aliphatic heterocycles. The minimum atomic E-state index is 0.534. The lowest BCUT2D eigenvalue weighted by atomic mass is 10.1. The summed E-state index contributed by atoms with van der Waals surface area (Å²) >= 11 is 3.51. The van der Waals surface area contributed by atoms with Crippen LogP contribution < -0.4 is 5.73 Å². The minimum absolute atomic E-state index is 0.534. The standard InChI is InChI=1S/C15H14BrN3/c1-19-9-13(12-3-2-11(16)7-15(12)19)14-6-10(8-17)4-5-18-14/h2-7,9H,8,17H2,1H3. The molecule has 2 aromatic heterocycles. The van der Waals surface area contributed by atoms with Crippen molar-refractivity contribution in [1.82, 2.24) is 9.55 Å². The molecule has 0 bridgehead atoms. The van der Waals surface area contributed by atoms with E-state index in [1.54, 1.807) is 0 Å². The van der Waals surface area contributed by atoms with Gasteiger partial charge in [-0.3, -0.25) is 4.98 Å². The van der Waals surface area contributed by atoms with Crippen molar-refractivity contribution in [2.24, 2.45) is 12.8 Å². The second-order valence-corrected chi connectivity index (χ2v) is 5.48. The molecule has 0 aliphatic rings. The third kappa shape index (κ3) is 2.17. The van der Waals surface area contributed by atoms with Gasteiger partial charge in [-0.25, -0.2) is 0 Å². The highest BCUT2D eigenvalue weighted by Gasteiger charge is 2.10. The minimum Gasteiger partial charge on any atom is -0.350 e. The molecule has 0 saturated heterocycles. The zero-order valence-corrected chi connectivity index (χ0v) is 12.2. The summed E-state index contributed by atoms with van der Waals surface area (Å²) in [6.07, 6.45) is 3.93. The lowest BCUT2D eigenvalue weighted by Gasteiger charge is -2.01. The summed E-state index contributed by atoms with van der Waals surface area (Å²) in [6.45, 7) is 0.534. The van der Waals surface area contributed by atoms with E-state index in [1.165, 1.54) is 10.9 Å². The van der Waals surface area contributed by atoms with Crippen molar-refractivity contribution in [2.45, 2.75) is 6.54 Å². The Morgan fingerprint density at radius 1 is 1.26 bits per heavy atom. The lowest BCUT2D eigenvalue weighted by molar-refractivity contribution is 0.968. The summed E-state index contributed by atoms with van der Waals surface area (Å²) in [5, 5.41) is 1.20. The normalized spacial score (nSPS) is 11.1. The van der Waals surface area contributed by atoms with Crippen LogP contribution in [0.2, 0.25) is 0 Å². The molecule has 0 unspecified atom stereocenters. The summed E-state index contributed by atoms with van der Waals surface area (Å²) in [6, 6.07) is 10.3. The second-order valence-electron chi connectivity index (χ2n) is 4.57. The van der Waals surface area contributed by atoms with Gasteiger partial charge in [0.2, 0.25) is 0 Å². The number of benzene rings is 1. The first kappa shape index (κ1) is 12.4. The maximum absolute atomic E-state index is 5.70. The van der Waals surface area contributed by atoms with Gasteiger partial charge in [0.05, 0.1) is 5.69 Å². The molecule has 0 saturated carbocycles. The number of fused-ring (bicyclic) bond motifs is 1. The Hall–Kier alpha value is -1.65. The monoisotopic (exact) mass is 315 g/mol. The Morgan fingerprint density at radius 2 is 2.11 bits per heavy atom. The van der Waals surface area contributed by atoms with Crippen molar-refractivity contribution < 1.29 is 0 Å². The molecule has 0 radical (unpaired) electrons. The zero-order valence-electron chi connectivity index (χ0n) is 10.6. The topological polar surface area (TPSA) is 43.8 Å². The third-order valence-electron chi connectivity index (χ3n) is 3.29. The van der Waals surface area contributed by atoms with Crippen molar-refractivity contribution in [2.75, 3.05) is 0 Å². The van der Waals surface area contributed by atoms with Gasteiger partial charge >= 0.3 is 0 Å². The van der Waals surface area contributed by atoms with Crippen LogP contribution in [0, 0.1) is 0 Å². The molecule has 0 atom stereocenters. The Bertz CT molecular complexity index is 746. The van der Waals surface area contributed by atoms with Crippen molar-refractivity contribution in [3.8, 4) is 11.3 Å². The van der Waals surface area contributed by atoms with Gasteiger partial charge < -0.3 is 10.3 Å². The molecule has 3 rings (SSSR count). The molecule has 19 heavy (non-hydrogen) atoms. The number of aromatic nitrogens is 2. The van der Waals surface area contributed by atoms with Crippen LogP contribution in [0.3, 0.4) is 0 Å². The maximum Gasteiger partial charge on any atom is 0.0726 e. The van der Waals surface area contributed by atoms with E-state index in [2.05, 4.69) is 55.9 Å². The lowest BCUT2D eigenvalue weighted by Crippen LogP contribution is -1.96. The molecule has 0 fully saturated rings. The summed E-state index contributed by atoms with van der Waals surface area (Å²) in [5.74, 6) is 0. The van der Waals surface area contributed by atoms with Crippen LogP contribution >= 0.6 is 15.9 Å². The van der Waals surface area contributed by atoms with Crippen LogP contribution in [-0.4, -0.2) is 9.55 Å². The highest BCUT2D eigenvalue weighted by atomic mass is 79.9. The zero-order chi connectivity index (χ0) is 13.4. The SMILES string of the molecule is Cn1cc(-c2cc(CN)ccn2)c2ccc(Br)cc21. The molecule has 4 heteroatoms. The Balaban J connectivity index is 2.25. The van der Waals surface area contributed by atoms with Gasteiger partial charge in [0, 0.05) is 46.9 Å². The predicted molar refractivity (Wildman–Crippen MR) is 81.7 cm³/mol. The van der Waals surface area contributed by atoms with Crippen molar-refractivity contribution in [1.29, 1.82) is 0 Å². The third-order valence-corrected chi connectivity index (χ3v) is 3.78. The fraction of sp³-hybridized carbons (Fsp3) is 0.133. The van der Waals surface area contributed by atoms with E-state index in [1.807, 2.05) is 19.3 Å². The van der Waals surface area contributed by atoms with E-state index < -0.39 is 0 Å². The quantitative estimate of drug-likeness (QED) is 0.787. The maximum atomic E-state index is 5.70. The van der Waals surface area contributed by atoms with E-state index in [0.29, 0.717) is 6.54 Å².